The molecule has 0 aliphatic rings. The van der Waals surface area contributed by atoms with Crippen molar-refractivity contribution < 1.29 is 14.3 Å². The van der Waals surface area contributed by atoms with Crippen molar-refractivity contribution in [2.24, 2.45) is 0 Å². The van der Waals surface area contributed by atoms with E-state index in [9.17, 15) is 4.79 Å². The lowest BCUT2D eigenvalue weighted by atomic mass is 10.1. The number of hydrogen-bond acceptors (Lipinski definition) is 3. The Morgan fingerprint density at radius 3 is 1.38 bits per heavy atom. The van der Waals surface area contributed by atoms with Crippen LogP contribution in [0.15, 0.2) is 0 Å². The third-order valence-electron chi connectivity index (χ3n) is 3.69. The van der Waals surface area contributed by atoms with E-state index < -0.39 is 6.16 Å². The Labute approximate surface area is 131 Å². The monoisotopic (exact) mass is 300 g/mol. The average molecular weight is 300 g/mol. The summed E-state index contributed by atoms with van der Waals surface area (Å²) in [4.78, 5) is 11.2. The van der Waals surface area contributed by atoms with Crippen LogP contribution in [0.5, 0.6) is 0 Å². The van der Waals surface area contributed by atoms with Crippen molar-refractivity contribution in [1.29, 1.82) is 0 Å². The summed E-state index contributed by atoms with van der Waals surface area (Å²) in [7, 11) is 0. The van der Waals surface area contributed by atoms with Gasteiger partial charge in [-0.1, -0.05) is 84.5 Å². The van der Waals surface area contributed by atoms with Gasteiger partial charge in [0.1, 0.15) is 0 Å². The summed E-state index contributed by atoms with van der Waals surface area (Å²) in [6.45, 7) is 5.38. The number of carbonyl (C=O) groups excluding carboxylic acids is 1. The minimum atomic E-state index is -0.498. The number of unbranched alkanes of at least 4 members (excludes halogenated alkanes) is 11. The van der Waals surface area contributed by atoms with Crippen molar-refractivity contribution >= 4 is 6.16 Å². The molecule has 0 aromatic heterocycles. The molecule has 0 saturated carbocycles. The van der Waals surface area contributed by atoms with Crippen LogP contribution in [-0.2, 0) is 9.47 Å². The number of hydrogen-bond donors (Lipinski definition) is 0. The smallest absolute Gasteiger partial charge is 0.434 e. The largest absolute Gasteiger partial charge is 0.508 e. The molecule has 0 atom stereocenters. The lowest BCUT2D eigenvalue weighted by Gasteiger charge is -2.06. The molecule has 0 rings (SSSR count). The Morgan fingerprint density at radius 1 is 0.571 bits per heavy atom. The van der Waals surface area contributed by atoms with E-state index in [1.165, 1.54) is 51.4 Å². The van der Waals surface area contributed by atoms with Gasteiger partial charge in [-0.2, -0.15) is 0 Å². The van der Waals surface area contributed by atoms with Gasteiger partial charge in [0.2, 0.25) is 0 Å². The van der Waals surface area contributed by atoms with Gasteiger partial charge in [0.25, 0.3) is 0 Å². The summed E-state index contributed by atoms with van der Waals surface area (Å²) in [6, 6.07) is 0. The highest BCUT2D eigenvalue weighted by molar-refractivity contribution is 5.59. The first-order valence-corrected chi connectivity index (χ1v) is 9.10. The maximum atomic E-state index is 11.2. The standard InChI is InChI=1S/C18H36O3/c1-3-5-7-8-9-10-11-12-13-15-17-21-18(19)20-16-14-6-4-2/h3-17H2,1-2H3. The van der Waals surface area contributed by atoms with Gasteiger partial charge < -0.3 is 9.47 Å². The van der Waals surface area contributed by atoms with Crippen LogP contribution in [0.1, 0.15) is 97.3 Å². The molecule has 0 unspecified atom stereocenters. The van der Waals surface area contributed by atoms with Gasteiger partial charge in [-0.15, -0.1) is 0 Å². The van der Waals surface area contributed by atoms with Crippen LogP contribution in [0.3, 0.4) is 0 Å². The van der Waals surface area contributed by atoms with Crippen LogP contribution >= 0.6 is 0 Å². The number of carbonyl (C=O) groups is 1. The van der Waals surface area contributed by atoms with E-state index in [1.54, 1.807) is 0 Å². The molecular formula is C18H36O3. The molecule has 0 heterocycles. The fourth-order valence-electron chi connectivity index (χ4n) is 2.29. The fraction of sp³-hybridized carbons (Fsp3) is 0.944. The van der Waals surface area contributed by atoms with Crippen LogP contribution in [0.4, 0.5) is 4.79 Å². The van der Waals surface area contributed by atoms with E-state index in [0.717, 1.165) is 32.1 Å². The van der Waals surface area contributed by atoms with Crippen molar-refractivity contribution in [2.45, 2.75) is 97.3 Å². The molecule has 3 nitrogen and oxygen atoms in total. The normalized spacial score (nSPS) is 10.6. The second-order valence-electron chi connectivity index (χ2n) is 5.84. The lowest BCUT2D eigenvalue weighted by molar-refractivity contribution is 0.0530. The Kier molecular flexibility index (Phi) is 16.7. The van der Waals surface area contributed by atoms with Gasteiger partial charge in [0.05, 0.1) is 13.2 Å². The van der Waals surface area contributed by atoms with Crippen molar-refractivity contribution in [1.82, 2.24) is 0 Å². The summed E-state index contributed by atoms with van der Waals surface area (Å²) in [6.07, 6.45) is 15.6. The molecule has 0 N–H and O–H groups in total. The molecule has 0 radical (unpaired) electrons. The minimum Gasteiger partial charge on any atom is -0.434 e. The molecule has 0 amide bonds. The van der Waals surface area contributed by atoms with E-state index in [0.29, 0.717) is 13.2 Å². The summed E-state index contributed by atoms with van der Waals surface area (Å²) in [5.74, 6) is 0. The second kappa shape index (κ2) is 17.3. The fourth-order valence-corrected chi connectivity index (χ4v) is 2.29. The first-order chi connectivity index (χ1) is 10.3. The third kappa shape index (κ3) is 17.2. The number of ether oxygens (including phenoxy) is 2. The maximum Gasteiger partial charge on any atom is 0.508 e. The van der Waals surface area contributed by atoms with Gasteiger partial charge in [0, 0.05) is 0 Å². The first kappa shape index (κ1) is 20.3. The molecule has 0 aromatic rings. The van der Waals surface area contributed by atoms with Crippen LogP contribution in [0.2, 0.25) is 0 Å². The lowest BCUT2D eigenvalue weighted by Crippen LogP contribution is -2.09. The van der Waals surface area contributed by atoms with Crippen LogP contribution in [0, 0.1) is 0 Å². The van der Waals surface area contributed by atoms with Gasteiger partial charge >= 0.3 is 6.16 Å². The Balaban J connectivity index is 3.09. The van der Waals surface area contributed by atoms with Gasteiger partial charge in [0.15, 0.2) is 0 Å². The second-order valence-corrected chi connectivity index (χ2v) is 5.84. The van der Waals surface area contributed by atoms with E-state index in [1.807, 2.05) is 0 Å². The summed E-state index contributed by atoms with van der Waals surface area (Å²) in [5, 5.41) is 0. The first-order valence-electron chi connectivity index (χ1n) is 9.10. The molecule has 21 heavy (non-hydrogen) atoms. The molecule has 0 aromatic carbocycles. The Hall–Kier alpha value is -0.730. The highest BCUT2D eigenvalue weighted by Gasteiger charge is 2.02. The quantitative estimate of drug-likeness (QED) is 0.265. The van der Waals surface area contributed by atoms with Gasteiger partial charge in [-0.05, 0) is 12.8 Å². The van der Waals surface area contributed by atoms with Crippen molar-refractivity contribution in [3.63, 3.8) is 0 Å². The zero-order valence-electron chi connectivity index (χ0n) is 14.3. The third-order valence-corrected chi connectivity index (χ3v) is 3.69. The predicted octanol–water partition coefficient (Wildman–Crippen LogP) is 6.25. The summed E-state index contributed by atoms with van der Waals surface area (Å²) < 4.78 is 10.0. The van der Waals surface area contributed by atoms with E-state index in [2.05, 4.69) is 13.8 Å². The number of rotatable bonds is 15. The summed E-state index contributed by atoms with van der Waals surface area (Å²) in [5.41, 5.74) is 0. The molecule has 0 bridgehead atoms. The molecular weight excluding hydrogens is 264 g/mol. The molecule has 3 heteroatoms. The van der Waals surface area contributed by atoms with E-state index in [-0.39, 0.29) is 0 Å². The summed E-state index contributed by atoms with van der Waals surface area (Å²) >= 11 is 0. The van der Waals surface area contributed by atoms with Gasteiger partial charge in [-0.25, -0.2) is 4.79 Å². The molecule has 0 aliphatic heterocycles. The SMILES string of the molecule is CCCCCCCCCCCCOC(=O)OCCCCC. The van der Waals surface area contributed by atoms with Crippen LogP contribution in [-0.4, -0.2) is 19.4 Å². The molecule has 0 aliphatic carbocycles. The van der Waals surface area contributed by atoms with E-state index >= 15 is 0 Å². The molecule has 0 fully saturated rings. The van der Waals surface area contributed by atoms with Crippen molar-refractivity contribution in [2.75, 3.05) is 13.2 Å². The topological polar surface area (TPSA) is 35.5 Å². The Morgan fingerprint density at radius 2 is 0.905 bits per heavy atom. The van der Waals surface area contributed by atoms with E-state index in [4.69, 9.17) is 9.47 Å². The van der Waals surface area contributed by atoms with Crippen molar-refractivity contribution in [3.8, 4) is 0 Å². The zero-order chi connectivity index (χ0) is 15.6. The van der Waals surface area contributed by atoms with Crippen LogP contribution in [0.25, 0.3) is 0 Å². The molecule has 0 saturated heterocycles. The van der Waals surface area contributed by atoms with Crippen molar-refractivity contribution in [3.05, 3.63) is 0 Å². The highest BCUT2D eigenvalue weighted by Crippen LogP contribution is 2.10. The average Bonchev–Trinajstić information content (AvgIpc) is 2.49. The molecule has 0 spiro atoms. The highest BCUT2D eigenvalue weighted by atomic mass is 16.7. The minimum absolute atomic E-state index is 0.491. The van der Waals surface area contributed by atoms with Crippen LogP contribution < -0.4 is 0 Å². The zero-order valence-corrected chi connectivity index (χ0v) is 14.3. The molecule has 126 valence electrons. The van der Waals surface area contributed by atoms with Gasteiger partial charge in [-0.3, -0.25) is 0 Å². The Bertz CT molecular complexity index is 217. The predicted molar refractivity (Wildman–Crippen MR) is 88.7 cm³/mol. The maximum absolute atomic E-state index is 11.2.